The zero-order chi connectivity index (χ0) is 15.7. The van der Waals surface area contributed by atoms with Crippen molar-refractivity contribution in [3.05, 3.63) is 23.3 Å². The van der Waals surface area contributed by atoms with E-state index in [4.69, 9.17) is 4.74 Å². The molecule has 0 unspecified atom stereocenters. The number of aryl methyl sites for hydroxylation is 2. The first-order chi connectivity index (χ1) is 10.5. The van der Waals surface area contributed by atoms with Crippen molar-refractivity contribution >= 4 is 11.7 Å². The summed E-state index contributed by atoms with van der Waals surface area (Å²) < 4.78 is 7.28. The third-order valence-electron chi connectivity index (χ3n) is 3.91. The van der Waals surface area contributed by atoms with Crippen LogP contribution in [0.3, 0.4) is 0 Å². The van der Waals surface area contributed by atoms with E-state index in [2.05, 4.69) is 15.1 Å². The Morgan fingerprint density at radius 2 is 2.23 bits per heavy atom. The Labute approximate surface area is 129 Å². The molecule has 0 saturated carbocycles. The van der Waals surface area contributed by atoms with Crippen molar-refractivity contribution in [3.8, 4) is 0 Å². The molecule has 22 heavy (non-hydrogen) atoms. The van der Waals surface area contributed by atoms with E-state index in [0.717, 1.165) is 37.3 Å². The van der Waals surface area contributed by atoms with Crippen molar-refractivity contribution in [3.63, 3.8) is 0 Å². The summed E-state index contributed by atoms with van der Waals surface area (Å²) >= 11 is 0. The van der Waals surface area contributed by atoms with E-state index in [0.29, 0.717) is 12.3 Å². The Morgan fingerprint density at radius 3 is 2.95 bits per heavy atom. The quantitative estimate of drug-likeness (QED) is 0.856. The standard InChI is InChI=1S/C15H21N5O2/c1-10-8-11(2)20-15(16-10)17-13(18-20)14(21)19(3)9-12-6-4-5-7-22-12/h8,12H,4-7,9H2,1-3H3/t12-/m0/s1. The van der Waals surface area contributed by atoms with Gasteiger partial charge in [0, 0.05) is 31.6 Å². The fraction of sp³-hybridized carbons (Fsp3) is 0.600. The highest BCUT2D eigenvalue weighted by Gasteiger charge is 2.23. The fourth-order valence-electron chi connectivity index (χ4n) is 2.77. The summed E-state index contributed by atoms with van der Waals surface area (Å²) in [5, 5.41) is 4.28. The molecule has 1 atom stereocenters. The molecular formula is C15H21N5O2. The van der Waals surface area contributed by atoms with E-state index in [9.17, 15) is 4.79 Å². The number of amides is 1. The topological polar surface area (TPSA) is 72.6 Å². The first-order valence-corrected chi connectivity index (χ1v) is 7.62. The number of fused-ring (bicyclic) bond motifs is 1. The highest BCUT2D eigenvalue weighted by Crippen LogP contribution is 2.14. The molecule has 0 spiro atoms. The number of likely N-dealkylation sites (N-methyl/N-ethyl adjacent to an activating group) is 1. The van der Waals surface area contributed by atoms with E-state index in [1.807, 2.05) is 19.9 Å². The first-order valence-electron chi connectivity index (χ1n) is 7.62. The molecule has 1 aliphatic rings. The Kier molecular flexibility index (Phi) is 4.06. The molecule has 118 valence electrons. The third-order valence-corrected chi connectivity index (χ3v) is 3.91. The van der Waals surface area contributed by atoms with Gasteiger partial charge >= 0.3 is 0 Å². The van der Waals surface area contributed by atoms with Gasteiger partial charge in [0.1, 0.15) is 0 Å². The molecule has 1 aliphatic heterocycles. The van der Waals surface area contributed by atoms with Crippen LogP contribution in [0.1, 0.15) is 41.3 Å². The summed E-state index contributed by atoms with van der Waals surface area (Å²) in [4.78, 5) is 22.7. The largest absolute Gasteiger partial charge is 0.376 e. The maximum absolute atomic E-state index is 12.5. The van der Waals surface area contributed by atoms with Crippen molar-refractivity contribution in [2.45, 2.75) is 39.2 Å². The Balaban J connectivity index is 1.77. The molecule has 7 heteroatoms. The number of carbonyl (C=O) groups excluding carboxylic acids is 1. The maximum atomic E-state index is 12.5. The molecule has 1 amide bonds. The fourth-order valence-corrected chi connectivity index (χ4v) is 2.77. The van der Waals surface area contributed by atoms with Gasteiger partial charge in [0.05, 0.1) is 6.10 Å². The number of rotatable bonds is 3. The lowest BCUT2D eigenvalue weighted by Crippen LogP contribution is -2.37. The Hall–Kier alpha value is -2.02. The molecule has 1 fully saturated rings. The zero-order valence-electron chi connectivity index (χ0n) is 13.2. The average molecular weight is 303 g/mol. The Bertz CT molecular complexity index is 691. The number of carbonyl (C=O) groups is 1. The second kappa shape index (κ2) is 6.00. The second-order valence-electron chi connectivity index (χ2n) is 5.86. The number of ether oxygens (including phenoxy) is 1. The van der Waals surface area contributed by atoms with Crippen LogP contribution in [0.5, 0.6) is 0 Å². The van der Waals surface area contributed by atoms with Crippen LogP contribution in [0.2, 0.25) is 0 Å². The average Bonchev–Trinajstić information content (AvgIpc) is 2.91. The summed E-state index contributed by atoms with van der Waals surface area (Å²) in [6, 6.07) is 1.91. The number of hydrogen-bond donors (Lipinski definition) is 0. The smallest absolute Gasteiger partial charge is 0.293 e. The summed E-state index contributed by atoms with van der Waals surface area (Å²) in [6.07, 6.45) is 3.37. The molecule has 1 saturated heterocycles. The summed E-state index contributed by atoms with van der Waals surface area (Å²) in [7, 11) is 1.76. The van der Waals surface area contributed by atoms with Crippen molar-refractivity contribution in [1.82, 2.24) is 24.5 Å². The predicted octanol–water partition coefficient (Wildman–Crippen LogP) is 1.38. The lowest BCUT2D eigenvalue weighted by Gasteiger charge is -2.26. The van der Waals surface area contributed by atoms with Gasteiger partial charge in [-0.15, -0.1) is 5.10 Å². The third kappa shape index (κ3) is 2.94. The molecule has 2 aromatic rings. The monoisotopic (exact) mass is 303 g/mol. The SMILES string of the molecule is Cc1cc(C)n2nc(C(=O)N(C)C[C@@H]3CCCCO3)nc2n1. The van der Waals surface area contributed by atoms with Gasteiger partial charge in [-0.1, -0.05) is 0 Å². The van der Waals surface area contributed by atoms with Crippen molar-refractivity contribution in [2.75, 3.05) is 20.2 Å². The van der Waals surface area contributed by atoms with Gasteiger partial charge in [0.2, 0.25) is 5.82 Å². The molecule has 0 bridgehead atoms. The molecule has 0 radical (unpaired) electrons. The van der Waals surface area contributed by atoms with Crippen LogP contribution in [-0.2, 0) is 4.74 Å². The second-order valence-corrected chi connectivity index (χ2v) is 5.86. The van der Waals surface area contributed by atoms with E-state index in [-0.39, 0.29) is 17.8 Å². The van der Waals surface area contributed by atoms with Crippen LogP contribution < -0.4 is 0 Å². The van der Waals surface area contributed by atoms with Crippen LogP contribution in [0.15, 0.2) is 6.07 Å². The summed E-state index contributed by atoms with van der Waals surface area (Å²) in [5.74, 6) is 0.444. The highest BCUT2D eigenvalue weighted by molar-refractivity contribution is 5.90. The van der Waals surface area contributed by atoms with Gasteiger partial charge in [0.15, 0.2) is 0 Å². The van der Waals surface area contributed by atoms with E-state index in [1.165, 1.54) is 0 Å². The summed E-state index contributed by atoms with van der Waals surface area (Å²) in [5.41, 5.74) is 1.77. The maximum Gasteiger partial charge on any atom is 0.293 e. The van der Waals surface area contributed by atoms with Crippen molar-refractivity contribution < 1.29 is 9.53 Å². The molecule has 0 aliphatic carbocycles. The van der Waals surface area contributed by atoms with E-state index in [1.54, 1.807) is 16.5 Å². The predicted molar refractivity (Wildman–Crippen MR) is 80.8 cm³/mol. The van der Waals surface area contributed by atoms with Crippen molar-refractivity contribution in [2.24, 2.45) is 0 Å². The number of hydrogen-bond acceptors (Lipinski definition) is 5. The van der Waals surface area contributed by atoms with E-state index < -0.39 is 0 Å². The number of aromatic nitrogens is 4. The molecule has 3 rings (SSSR count). The van der Waals surface area contributed by atoms with Crippen LogP contribution in [0.25, 0.3) is 5.78 Å². The molecule has 7 nitrogen and oxygen atoms in total. The van der Waals surface area contributed by atoms with Gasteiger partial charge in [-0.25, -0.2) is 9.50 Å². The first kappa shape index (κ1) is 14.9. The normalized spacial score (nSPS) is 18.6. The molecule has 3 heterocycles. The minimum absolute atomic E-state index is 0.113. The van der Waals surface area contributed by atoms with Gasteiger partial charge in [-0.2, -0.15) is 4.98 Å². The molecule has 0 aromatic carbocycles. The molecular weight excluding hydrogens is 282 g/mol. The van der Waals surface area contributed by atoms with Crippen LogP contribution in [0, 0.1) is 13.8 Å². The molecule has 0 N–H and O–H groups in total. The van der Waals surface area contributed by atoms with Crippen LogP contribution >= 0.6 is 0 Å². The lowest BCUT2D eigenvalue weighted by atomic mass is 10.1. The van der Waals surface area contributed by atoms with Gasteiger partial charge in [-0.05, 0) is 39.2 Å². The highest BCUT2D eigenvalue weighted by atomic mass is 16.5. The lowest BCUT2D eigenvalue weighted by molar-refractivity contribution is -0.000396. The van der Waals surface area contributed by atoms with Gasteiger partial charge in [0.25, 0.3) is 11.7 Å². The van der Waals surface area contributed by atoms with Crippen LogP contribution in [-0.4, -0.2) is 56.7 Å². The van der Waals surface area contributed by atoms with Gasteiger partial charge in [-0.3, -0.25) is 4.79 Å². The Morgan fingerprint density at radius 1 is 1.41 bits per heavy atom. The number of nitrogens with zero attached hydrogens (tertiary/aromatic N) is 5. The zero-order valence-corrected chi connectivity index (χ0v) is 13.2. The minimum Gasteiger partial charge on any atom is -0.376 e. The summed E-state index contributed by atoms with van der Waals surface area (Å²) in [6.45, 7) is 5.17. The van der Waals surface area contributed by atoms with Crippen LogP contribution in [0.4, 0.5) is 0 Å². The minimum atomic E-state index is -0.197. The molecule has 2 aromatic heterocycles. The van der Waals surface area contributed by atoms with Gasteiger partial charge < -0.3 is 9.64 Å². The van der Waals surface area contributed by atoms with E-state index >= 15 is 0 Å². The van der Waals surface area contributed by atoms with Crippen molar-refractivity contribution in [1.29, 1.82) is 0 Å².